The third kappa shape index (κ3) is 5.41. The smallest absolute Gasteiger partial charge is 0.387 e. The lowest BCUT2D eigenvalue weighted by Gasteiger charge is -2.25. The van der Waals surface area contributed by atoms with Crippen LogP contribution in [0, 0.1) is 0 Å². The molecule has 0 amide bonds. The van der Waals surface area contributed by atoms with Gasteiger partial charge < -0.3 is 35.1 Å². The molecule has 0 spiro atoms. The van der Waals surface area contributed by atoms with E-state index in [0.29, 0.717) is 0 Å². The molecule has 7 rings (SSSR count). The van der Waals surface area contributed by atoms with Crippen molar-refractivity contribution in [3.05, 3.63) is 39.7 Å². The van der Waals surface area contributed by atoms with E-state index in [4.69, 9.17) is 44.9 Å². The van der Waals surface area contributed by atoms with Gasteiger partial charge in [0.1, 0.15) is 35.9 Å². The number of aliphatic hydroxyl groups excluding tert-OH is 1. The Bertz CT molecular complexity index is 2000. The van der Waals surface area contributed by atoms with Crippen LogP contribution in [0.3, 0.4) is 0 Å². The normalized spacial score (nSPS) is 37.7. The number of fused-ring (bicyclic) bond motifs is 5. The molecule has 3 unspecified atom stereocenters. The first kappa shape index (κ1) is 30.5. The molecule has 25 heteroatoms. The molecule has 0 radical (unpaired) electrons. The molecular formula is C20H22ClN9O13P2. The lowest BCUT2D eigenvalue weighted by Crippen LogP contribution is -2.35. The van der Waals surface area contributed by atoms with Crippen LogP contribution in [-0.4, -0.2) is 103 Å². The van der Waals surface area contributed by atoms with E-state index in [0.717, 1.165) is 17.2 Å². The molecule has 242 valence electrons. The Kier molecular flexibility index (Phi) is 7.47. The molecule has 22 nitrogen and oxygen atoms in total. The number of H-pyrrole nitrogens is 2. The first-order chi connectivity index (χ1) is 21.3. The summed E-state index contributed by atoms with van der Waals surface area (Å²) in [5.74, 6) is -0.282. The molecular weight excluding hydrogens is 672 g/mol. The van der Waals surface area contributed by atoms with Gasteiger partial charge in [-0.2, -0.15) is 4.98 Å². The Balaban J connectivity index is 1.21. The zero-order valence-electron chi connectivity index (χ0n) is 22.2. The van der Waals surface area contributed by atoms with Crippen molar-refractivity contribution in [1.29, 1.82) is 0 Å². The van der Waals surface area contributed by atoms with E-state index in [9.17, 15) is 33.6 Å². The van der Waals surface area contributed by atoms with Crippen LogP contribution in [0.25, 0.3) is 22.3 Å². The number of imidazole rings is 2. The van der Waals surface area contributed by atoms with Gasteiger partial charge in [0.15, 0.2) is 34.8 Å². The molecule has 4 aromatic rings. The van der Waals surface area contributed by atoms with Crippen molar-refractivity contribution >= 4 is 55.5 Å². The monoisotopic (exact) mass is 693 g/mol. The van der Waals surface area contributed by atoms with Crippen molar-refractivity contribution < 1.29 is 51.6 Å². The van der Waals surface area contributed by atoms with Crippen molar-refractivity contribution in [3.8, 4) is 0 Å². The Morgan fingerprint density at radius 1 is 0.889 bits per heavy atom. The maximum absolute atomic E-state index is 13.2. The second kappa shape index (κ2) is 11.0. The second-order valence-electron chi connectivity index (χ2n) is 10.1. The highest BCUT2D eigenvalue weighted by Crippen LogP contribution is 2.54. The topological polar surface area (TPSA) is 303 Å². The molecule has 45 heavy (non-hydrogen) atoms. The standard InChI is InChI=1S/C20H22ClN9O13P2/c21-8-12-7(41-18(8)29-4-25-9-14(29)23-3-24-16(9)32)2-39-45(36,37)43-13-11(31)6(1-38-44(34,35)42-12)40-19(13)30-5-26-10-15(30)27-20(22)28-17(10)33/h3-8,11-13,18-19,31H,1-2H2,(H,34,35)(H,36,37)(H,23,24,32)(H3,22,27,28,33)/t6-,7?,8+,11-,12-,13-,18-,19-/m1/s1. The van der Waals surface area contributed by atoms with Gasteiger partial charge in [0, 0.05) is 0 Å². The minimum absolute atomic E-state index is 0.0505. The van der Waals surface area contributed by atoms with Gasteiger partial charge in [0.2, 0.25) is 5.95 Å². The minimum Gasteiger partial charge on any atom is -0.387 e. The summed E-state index contributed by atoms with van der Waals surface area (Å²) in [7, 11) is -10.1. The number of hydrogen-bond acceptors (Lipinski definition) is 16. The zero-order chi connectivity index (χ0) is 31.8. The molecule has 4 aromatic heterocycles. The third-order valence-corrected chi connectivity index (χ3v) is 9.69. The van der Waals surface area contributed by atoms with E-state index >= 15 is 0 Å². The molecule has 10 atom stereocenters. The number of halogens is 1. The van der Waals surface area contributed by atoms with E-state index in [-0.39, 0.29) is 28.3 Å². The number of nitrogen functional groups attached to an aromatic ring is 1. The number of rotatable bonds is 2. The van der Waals surface area contributed by atoms with Crippen molar-refractivity contribution in [2.75, 3.05) is 18.9 Å². The summed E-state index contributed by atoms with van der Waals surface area (Å²) >= 11 is 6.61. The number of phosphoric ester groups is 2. The minimum atomic E-state index is -5.10. The average molecular weight is 694 g/mol. The highest BCUT2D eigenvalue weighted by molar-refractivity contribution is 7.47. The summed E-state index contributed by atoms with van der Waals surface area (Å²) in [6.07, 6.45) is -7.12. The number of hydrogen-bond donors (Lipinski definition) is 6. The number of phosphoric acid groups is 2. The molecule has 2 bridgehead atoms. The molecule has 3 saturated heterocycles. The van der Waals surface area contributed by atoms with Gasteiger partial charge in [0.05, 0.1) is 32.2 Å². The molecule has 7 heterocycles. The van der Waals surface area contributed by atoms with Crippen molar-refractivity contribution in [3.63, 3.8) is 0 Å². The first-order valence-electron chi connectivity index (χ1n) is 12.9. The van der Waals surface area contributed by atoms with Crippen molar-refractivity contribution in [2.45, 2.75) is 48.4 Å². The Labute approximate surface area is 253 Å². The van der Waals surface area contributed by atoms with Gasteiger partial charge in [-0.1, -0.05) is 0 Å². The fourth-order valence-electron chi connectivity index (χ4n) is 5.25. The number of nitrogens with one attached hydrogen (secondary N) is 2. The van der Waals surface area contributed by atoms with Crippen LogP contribution in [0.2, 0.25) is 0 Å². The Morgan fingerprint density at radius 2 is 1.49 bits per heavy atom. The first-order valence-corrected chi connectivity index (χ1v) is 16.3. The van der Waals surface area contributed by atoms with Crippen LogP contribution in [0.15, 0.2) is 28.6 Å². The van der Waals surface area contributed by atoms with Crippen LogP contribution in [0.4, 0.5) is 5.95 Å². The SMILES string of the molecule is Nc1nc2c(ncn2[C@@H]2O[C@@H]3COP(=O)(O)O[C@@H]4C(COP(=O)(O)O[C@@H]2[C@@H]3O)O[C@@H](n2cnc3c(=O)[nH]cnc32)[C@H]4Cl)c(=O)[nH]1. The summed E-state index contributed by atoms with van der Waals surface area (Å²) < 4.78 is 61.3. The van der Waals surface area contributed by atoms with Crippen LogP contribution in [0.1, 0.15) is 12.5 Å². The number of nitrogens with zero attached hydrogens (tertiary/aromatic N) is 6. The molecule has 3 fully saturated rings. The Hall–Kier alpha value is -3.11. The maximum atomic E-state index is 13.2. The number of alkyl halides is 1. The van der Waals surface area contributed by atoms with Gasteiger partial charge in [-0.25, -0.2) is 24.1 Å². The summed E-state index contributed by atoms with van der Waals surface area (Å²) in [6.45, 7) is -1.59. The highest BCUT2D eigenvalue weighted by Gasteiger charge is 2.54. The largest absolute Gasteiger partial charge is 0.472 e. The number of aromatic amines is 2. The van der Waals surface area contributed by atoms with E-state index in [2.05, 4.69) is 29.9 Å². The maximum Gasteiger partial charge on any atom is 0.472 e. The van der Waals surface area contributed by atoms with E-state index in [1.807, 2.05) is 0 Å². The number of ether oxygens (including phenoxy) is 2. The van der Waals surface area contributed by atoms with Gasteiger partial charge in [-0.05, 0) is 0 Å². The van der Waals surface area contributed by atoms with Gasteiger partial charge in [-0.15, -0.1) is 11.6 Å². The van der Waals surface area contributed by atoms with Crippen LogP contribution in [0.5, 0.6) is 0 Å². The lowest BCUT2D eigenvalue weighted by atomic mass is 10.1. The highest BCUT2D eigenvalue weighted by atomic mass is 35.5. The third-order valence-electron chi connectivity index (χ3n) is 7.26. The molecule has 0 aliphatic carbocycles. The van der Waals surface area contributed by atoms with Crippen molar-refractivity contribution in [1.82, 2.24) is 39.0 Å². The van der Waals surface area contributed by atoms with Crippen LogP contribution >= 0.6 is 27.2 Å². The average Bonchev–Trinajstić information content (AvgIpc) is 3.72. The summed E-state index contributed by atoms with van der Waals surface area (Å²) in [4.78, 5) is 66.4. The van der Waals surface area contributed by atoms with E-state index in [1.54, 1.807) is 0 Å². The fourth-order valence-corrected chi connectivity index (χ4v) is 7.62. The quantitative estimate of drug-likeness (QED) is 0.104. The van der Waals surface area contributed by atoms with Gasteiger partial charge in [0.25, 0.3) is 11.1 Å². The predicted octanol–water partition coefficient (Wildman–Crippen LogP) is -1.38. The van der Waals surface area contributed by atoms with Gasteiger partial charge in [-0.3, -0.25) is 41.8 Å². The Morgan fingerprint density at radius 3 is 2.20 bits per heavy atom. The van der Waals surface area contributed by atoms with Crippen molar-refractivity contribution in [2.24, 2.45) is 0 Å². The molecule has 0 aromatic carbocycles. The molecule has 3 aliphatic heterocycles. The molecule has 0 saturated carbocycles. The summed E-state index contributed by atoms with van der Waals surface area (Å²) in [6, 6.07) is 0. The molecule has 3 aliphatic rings. The predicted molar refractivity (Wildman–Crippen MR) is 145 cm³/mol. The zero-order valence-corrected chi connectivity index (χ0v) is 24.8. The van der Waals surface area contributed by atoms with Crippen LogP contribution in [-0.2, 0) is 36.7 Å². The fraction of sp³-hybridized carbons (Fsp3) is 0.500. The summed E-state index contributed by atoms with van der Waals surface area (Å²) in [5.41, 5.74) is 4.11. The number of aromatic nitrogens is 8. The molecule has 7 N–H and O–H groups in total. The number of nitrogens with two attached hydrogens (primary N) is 1. The second-order valence-corrected chi connectivity index (χ2v) is 13.4. The summed E-state index contributed by atoms with van der Waals surface area (Å²) in [5, 5.41) is 9.72. The number of anilines is 1. The van der Waals surface area contributed by atoms with Crippen LogP contribution < -0.4 is 16.9 Å². The van der Waals surface area contributed by atoms with E-state index in [1.165, 1.54) is 10.9 Å². The van der Waals surface area contributed by atoms with E-state index < -0.39 is 88.3 Å². The number of aliphatic hydroxyl groups is 1. The lowest BCUT2D eigenvalue weighted by molar-refractivity contribution is -0.0670. The van der Waals surface area contributed by atoms with Gasteiger partial charge >= 0.3 is 15.6 Å².